The van der Waals surface area contributed by atoms with Gasteiger partial charge in [-0.2, -0.15) is 0 Å². The predicted octanol–water partition coefficient (Wildman–Crippen LogP) is 1.57. The third-order valence-corrected chi connectivity index (χ3v) is 4.09. The maximum absolute atomic E-state index is 12.2. The summed E-state index contributed by atoms with van der Waals surface area (Å²) in [6.45, 7) is 7.90. The third kappa shape index (κ3) is 5.23. The van der Waals surface area contributed by atoms with Gasteiger partial charge in [0.25, 0.3) is 0 Å². The van der Waals surface area contributed by atoms with E-state index >= 15 is 0 Å². The van der Waals surface area contributed by atoms with Crippen LogP contribution in [-0.2, 0) is 0 Å². The van der Waals surface area contributed by atoms with E-state index in [9.17, 15) is 4.79 Å². The molecule has 2 rings (SSSR count). The first-order chi connectivity index (χ1) is 10.2. The van der Waals surface area contributed by atoms with Crippen LogP contribution in [0.1, 0.15) is 28.8 Å². The molecule has 0 saturated carbocycles. The molecule has 1 aliphatic heterocycles. The van der Waals surface area contributed by atoms with Gasteiger partial charge in [-0.15, -0.1) is 0 Å². The van der Waals surface area contributed by atoms with Crippen molar-refractivity contribution >= 4 is 5.78 Å². The molecule has 4 heteroatoms. The smallest absolute Gasteiger partial charge is 0.164 e. The van der Waals surface area contributed by atoms with Gasteiger partial charge in [0, 0.05) is 38.2 Å². The summed E-state index contributed by atoms with van der Waals surface area (Å²) >= 11 is 0. The summed E-state index contributed by atoms with van der Waals surface area (Å²) < 4.78 is 0. The summed E-state index contributed by atoms with van der Waals surface area (Å²) in [6.07, 6.45) is 1.70. The van der Waals surface area contributed by atoms with E-state index in [1.807, 2.05) is 31.2 Å². The van der Waals surface area contributed by atoms with Gasteiger partial charge in [-0.25, -0.2) is 0 Å². The zero-order valence-corrected chi connectivity index (χ0v) is 12.9. The zero-order valence-electron chi connectivity index (χ0n) is 12.9. The molecule has 0 bridgehead atoms. The van der Waals surface area contributed by atoms with Gasteiger partial charge in [0.05, 0.1) is 6.61 Å². The Morgan fingerprint density at radius 1 is 1.14 bits per heavy atom. The minimum absolute atomic E-state index is 0.228. The van der Waals surface area contributed by atoms with Crippen molar-refractivity contribution in [2.45, 2.75) is 19.8 Å². The topological polar surface area (TPSA) is 43.8 Å². The van der Waals surface area contributed by atoms with E-state index < -0.39 is 0 Å². The molecule has 1 aromatic rings. The van der Waals surface area contributed by atoms with Crippen LogP contribution < -0.4 is 0 Å². The highest BCUT2D eigenvalue weighted by molar-refractivity contribution is 5.96. The second-order valence-electron chi connectivity index (χ2n) is 5.80. The number of β-amino-alcohol motifs (C(OH)–C–C–N with tert-alkyl or cyclic N) is 1. The maximum Gasteiger partial charge on any atom is 0.164 e. The minimum atomic E-state index is 0.228. The Hall–Kier alpha value is -1.23. The molecule has 1 saturated heterocycles. The lowest BCUT2D eigenvalue weighted by molar-refractivity contribution is 0.0964. The van der Waals surface area contributed by atoms with Crippen molar-refractivity contribution in [2.75, 3.05) is 45.9 Å². The Morgan fingerprint density at radius 2 is 1.86 bits per heavy atom. The van der Waals surface area contributed by atoms with E-state index in [4.69, 9.17) is 5.11 Å². The average molecular weight is 290 g/mol. The fraction of sp³-hybridized carbons (Fsp3) is 0.588. The number of aryl methyl sites for hydroxylation is 1. The Balaban J connectivity index is 1.79. The third-order valence-electron chi connectivity index (χ3n) is 4.09. The highest BCUT2D eigenvalue weighted by atomic mass is 16.3. The highest BCUT2D eigenvalue weighted by Crippen LogP contribution is 2.09. The van der Waals surface area contributed by atoms with E-state index in [0.717, 1.165) is 56.8 Å². The van der Waals surface area contributed by atoms with E-state index in [1.165, 1.54) is 0 Å². The number of benzene rings is 1. The minimum Gasteiger partial charge on any atom is -0.395 e. The van der Waals surface area contributed by atoms with Gasteiger partial charge in [-0.1, -0.05) is 23.8 Å². The zero-order chi connectivity index (χ0) is 15.1. The Kier molecular flexibility index (Phi) is 6.36. The van der Waals surface area contributed by atoms with Gasteiger partial charge in [0.15, 0.2) is 5.78 Å². The standard InChI is InChI=1S/C17H26N2O2/c1-15-4-2-5-16(14-15)17(21)6-9-18-7-3-8-19(11-10-18)12-13-20/h2,4-5,14,20H,3,6-13H2,1H3. The van der Waals surface area contributed by atoms with Crippen molar-refractivity contribution in [1.29, 1.82) is 0 Å². The lowest BCUT2D eigenvalue weighted by Gasteiger charge is -2.20. The molecule has 1 aliphatic rings. The SMILES string of the molecule is Cc1cccc(C(=O)CCN2CCCN(CCO)CC2)c1. The second kappa shape index (κ2) is 8.27. The molecule has 1 aromatic carbocycles. The molecule has 0 aromatic heterocycles. The fourth-order valence-electron chi connectivity index (χ4n) is 2.84. The quantitative estimate of drug-likeness (QED) is 0.808. The van der Waals surface area contributed by atoms with Crippen LogP contribution in [0.25, 0.3) is 0 Å². The van der Waals surface area contributed by atoms with Gasteiger partial charge in [-0.3, -0.25) is 9.69 Å². The lowest BCUT2D eigenvalue weighted by Crippen LogP contribution is -2.33. The number of carbonyl (C=O) groups excluding carboxylic acids is 1. The summed E-state index contributed by atoms with van der Waals surface area (Å²) in [5.74, 6) is 0.232. The number of rotatable bonds is 6. The van der Waals surface area contributed by atoms with E-state index in [-0.39, 0.29) is 12.4 Å². The number of carbonyl (C=O) groups is 1. The van der Waals surface area contributed by atoms with Crippen molar-refractivity contribution in [3.63, 3.8) is 0 Å². The predicted molar refractivity (Wildman–Crippen MR) is 84.7 cm³/mol. The molecule has 1 N–H and O–H groups in total. The average Bonchev–Trinajstić information content (AvgIpc) is 2.71. The summed E-state index contributed by atoms with van der Waals surface area (Å²) in [7, 11) is 0. The number of ketones is 1. The first-order valence-electron chi connectivity index (χ1n) is 7.84. The summed E-state index contributed by atoms with van der Waals surface area (Å²) in [6, 6.07) is 7.83. The number of hydrogen-bond acceptors (Lipinski definition) is 4. The number of Topliss-reactive ketones (excluding diaryl/α,β-unsaturated/α-hetero) is 1. The van der Waals surface area contributed by atoms with E-state index in [0.29, 0.717) is 6.42 Å². The molecule has 21 heavy (non-hydrogen) atoms. The van der Waals surface area contributed by atoms with Crippen LogP contribution >= 0.6 is 0 Å². The van der Waals surface area contributed by atoms with Crippen LogP contribution in [0.2, 0.25) is 0 Å². The van der Waals surface area contributed by atoms with Crippen molar-refractivity contribution < 1.29 is 9.90 Å². The molecule has 0 unspecified atom stereocenters. The van der Waals surface area contributed by atoms with Crippen molar-refractivity contribution in [1.82, 2.24) is 9.80 Å². The molecule has 0 atom stereocenters. The van der Waals surface area contributed by atoms with Gasteiger partial charge < -0.3 is 10.0 Å². The highest BCUT2D eigenvalue weighted by Gasteiger charge is 2.15. The van der Waals surface area contributed by atoms with Gasteiger partial charge in [0.2, 0.25) is 0 Å². The largest absolute Gasteiger partial charge is 0.395 e. The van der Waals surface area contributed by atoms with Crippen LogP contribution in [0.15, 0.2) is 24.3 Å². The Bertz CT molecular complexity index is 462. The van der Waals surface area contributed by atoms with Crippen LogP contribution in [0.5, 0.6) is 0 Å². The molecular weight excluding hydrogens is 264 g/mol. The molecule has 0 aliphatic carbocycles. The van der Waals surface area contributed by atoms with Crippen LogP contribution in [0, 0.1) is 6.92 Å². The second-order valence-corrected chi connectivity index (χ2v) is 5.80. The number of hydrogen-bond donors (Lipinski definition) is 1. The van der Waals surface area contributed by atoms with E-state index in [2.05, 4.69) is 9.80 Å². The molecule has 0 spiro atoms. The first-order valence-corrected chi connectivity index (χ1v) is 7.84. The monoisotopic (exact) mass is 290 g/mol. The van der Waals surface area contributed by atoms with Crippen LogP contribution in [0.3, 0.4) is 0 Å². The van der Waals surface area contributed by atoms with Gasteiger partial charge in [-0.05, 0) is 32.5 Å². The molecule has 116 valence electrons. The number of nitrogens with zero attached hydrogens (tertiary/aromatic N) is 2. The van der Waals surface area contributed by atoms with Crippen LogP contribution in [0.4, 0.5) is 0 Å². The number of aliphatic hydroxyl groups is 1. The molecular formula is C17H26N2O2. The molecule has 4 nitrogen and oxygen atoms in total. The summed E-state index contributed by atoms with van der Waals surface area (Å²) in [4.78, 5) is 16.9. The first kappa shape index (κ1) is 16.1. The summed E-state index contributed by atoms with van der Waals surface area (Å²) in [5, 5.41) is 9.00. The summed E-state index contributed by atoms with van der Waals surface area (Å²) in [5.41, 5.74) is 1.96. The molecule has 1 heterocycles. The van der Waals surface area contributed by atoms with E-state index in [1.54, 1.807) is 0 Å². The Morgan fingerprint density at radius 3 is 2.52 bits per heavy atom. The van der Waals surface area contributed by atoms with Gasteiger partial charge in [0.1, 0.15) is 0 Å². The van der Waals surface area contributed by atoms with Crippen LogP contribution in [-0.4, -0.2) is 66.6 Å². The van der Waals surface area contributed by atoms with Crippen molar-refractivity contribution in [2.24, 2.45) is 0 Å². The molecule has 1 fully saturated rings. The Labute approximate surface area is 127 Å². The molecule has 0 radical (unpaired) electrons. The van der Waals surface area contributed by atoms with Crippen molar-refractivity contribution in [3.8, 4) is 0 Å². The fourth-order valence-corrected chi connectivity index (χ4v) is 2.84. The molecule has 0 amide bonds. The maximum atomic E-state index is 12.2. The normalized spacial score (nSPS) is 17.6. The number of aliphatic hydroxyl groups excluding tert-OH is 1. The van der Waals surface area contributed by atoms with Gasteiger partial charge >= 0.3 is 0 Å². The lowest BCUT2D eigenvalue weighted by atomic mass is 10.1. The van der Waals surface area contributed by atoms with Crippen molar-refractivity contribution in [3.05, 3.63) is 35.4 Å².